The quantitative estimate of drug-likeness (QED) is 0.656. The zero-order valence-electron chi connectivity index (χ0n) is 9.20. The number of nitrogens with zero attached hydrogens (tertiary/aromatic N) is 2. The van der Waals surface area contributed by atoms with Crippen molar-refractivity contribution in [2.45, 2.75) is 26.8 Å². The van der Waals surface area contributed by atoms with E-state index < -0.39 is 10.2 Å². The molecular weight excluding hydrogens is 224 g/mol. The summed E-state index contributed by atoms with van der Waals surface area (Å²) in [6.07, 6.45) is 0. The van der Waals surface area contributed by atoms with E-state index in [0.29, 0.717) is 19.0 Å². The average molecular weight is 243 g/mol. The van der Waals surface area contributed by atoms with Crippen LogP contribution in [0.4, 0.5) is 0 Å². The lowest BCUT2D eigenvalue weighted by atomic mass is 10.4. The maximum Gasteiger partial charge on any atom is 0.281 e. The van der Waals surface area contributed by atoms with Crippen molar-refractivity contribution >= 4 is 21.8 Å². The summed E-state index contributed by atoms with van der Waals surface area (Å²) in [5.41, 5.74) is 0. The second kappa shape index (κ2) is 5.90. The van der Waals surface area contributed by atoms with Crippen LogP contribution < -0.4 is 0 Å². The molecule has 0 aromatic rings. The number of hydrogen-bond acceptors (Lipinski definition) is 2. The molecular formula is C8H19ClN2O2S. The van der Waals surface area contributed by atoms with E-state index in [1.54, 1.807) is 14.0 Å². The summed E-state index contributed by atoms with van der Waals surface area (Å²) in [6.45, 7) is 6.39. The molecule has 0 fully saturated rings. The Bertz CT molecular complexity index is 252. The monoisotopic (exact) mass is 242 g/mol. The molecule has 86 valence electrons. The van der Waals surface area contributed by atoms with Crippen molar-refractivity contribution in [1.82, 2.24) is 8.61 Å². The topological polar surface area (TPSA) is 40.6 Å². The Morgan fingerprint density at radius 3 is 2.00 bits per heavy atom. The molecule has 0 spiro atoms. The zero-order valence-corrected chi connectivity index (χ0v) is 10.8. The van der Waals surface area contributed by atoms with Gasteiger partial charge in [0, 0.05) is 32.1 Å². The second-order valence-corrected chi connectivity index (χ2v) is 5.41. The Morgan fingerprint density at radius 2 is 1.71 bits per heavy atom. The van der Waals surface area contributed by atoms with Crippen LogP contribution in [-0.4, -0.2) is 49.1 Å². The normalized spacial score (nSPS) is 15.1. The summed E-state index contributed by atoms with van der Waals surface area (Å²) in [7, 11) is -1.77. The van der Waals surface area contributed by atoms with Crippen LogP contribution in [0.5, 0.6) is 0 Å². The molecule has 0 aromatic carbocycles. The van der Waals surface area contributed by atoms with Crippen molar-refractivity contribution in [3.05, 3.63) is 0 Å². The molecule has 0 rings (SSSR count). The molecule has 1 unspecified atom stereocenters. The summed E-state index contributed by atoms with van der Waals surface area (Å²) in [6, 6.07) is -0.178. The molecule has 0 aromatic heterocycles. The first-order valence-electron chi connectivity index (χ1n) is 4.70. The lowest BCUT2D eigenvalue weighted by Crippen LogP contribution is -2.46. The van der Waals surface area contributed by atoms with E-state index >= 15 is 0 Å². The van der Waals surface area contributed by atoms with Crippen molar-refractivity contribution < 1.29 is 8.42 Å². The predicted molar refractivity (Wildman–Crippen MR) is 59.8 cm³/mol. The van der Waals surface area contributed by atoms with Crippen LogP contribution in [0.1, 0.15) is 20.8 Å². The van der Waals surface area contributed by atoms with E-state index in [9.17, 15) is 8.42 Å². The Balaban J connectivity index is 4.76. The van der Waals surface area contributed by atoms with Gasteiger partial charge in [-0.05, 0) is 6.92 Å². The van der Waals surface area contributed by atoms with Gasteiger partial charge >= 0.3 is 0 Å². The third-order valence-electron chi connectivity index (χ3n) is 2.24. The van der Waals surface area contributed by atoms with Gasteiger partial charge in [0.25, 0.3) is 10.2 Å². The van der Waals surface area contributed by atoms with E-state index in [0.717, 1.165) is 0 Å². The maximum atomic E-state index is 11.9. The number of alkyl halides is 1. The summed E-state index contributed by atoms with van der Waals surface area (Å²) < 4.78 is 26.5. The van der Waals surface area contributed by atoms with Gasteiger partial charge in [-0.15, -0.1) is 11.6 Å². The summed E-state index contributed by atoms with van der Waals surface area (Å²) in [4.78, 5) is 0. The Morgan fingerprint density at radius 1 is 1.29 bits per heavy atom. The van der Waals surface area contributed by atoms with E-state index in [2.05, 4.69) is 0 Å². The molecule has 0 saturated carbocycles. The Labute approximate surface area is 92.0 Å². The van der Waals surface area contributed by atoms with Gasteiger partial charge in [-0.25, -0.2) is 0 Å². The number of halogens is 1. The van der Waals surface area contributed by atoms with Gasteiger partial charge in [0.2, 0.25) is 0 Å². The first kappa shape index (κ1) is 14.2. The fourth-order valence-corrected chi connectivity index (χ4v) is 2.89. The Kier molecular flexibility index (Phi) is 5.97. The molecule has 0 aliphatic heterocycles. The summed E-state index contributed by atoms with van der Waals surface area (Å²) in [5, 5.41) is 0. The third kappa shape index (κ3) is 3.08. The molecule has 0 bridgehead atoms. The van der Waals surface area contributed by atoms with Crippen molar-refractivity contribution in [1.29, 1.82) is 0 Å². The SMILES string of the molecule is CCN(CC)S(=O)(=O)N(C)C(C)CCl. The standard InChI is InChI=1S/C8H19ClN2O2S/c1-5-11(6-2)14(12,13)10(4)8(3)7-9/h8H,5-7H2,1-4H3. The van der Waals surface area contributed by atoms with Gasteiger partial charge in [-0.2, -0.15) is 17.0 Å². The van der Waals surface area contributed by atoms with Crippen LogP contribution in [0, 0.1) is 0 Å². The molecule has 14 heavy (non-hydrogen) atoms. The fourth-order valence-electron chi connectivity index (χ4n) is 1.06. The highest BCUT2D eigenvalue weighted by atomic mass is 35.5. The maximum absolute atomic E-state index is 11.9. The third-order valence-corrected chi connectivity index (χ3v) is 4.94. The van der Waals surface area contributed by atoms with Crippen LogP contribution in [-0.2, 0) is 10.2 Å². The number of hydrogen-bond donors (Lipinski definition) is 0. The molecule has 0 saturated heterocycles. The molecule has 0 aliphatic carbocycles. The molecule has 0 aliphatic rings. The average Bonchev–Trinajstić information content (AvgIpc) is 2.16. The molecule has 0 heterocycles. The van der Waals surface area contributed by atoms with E-state index in [4.69, 9.17) is 11.6 Å². The number of rotatable bonds is 6. The Hall–Kier alpha value is 0.160. The van der Waals surface area contributed by atoms with Crippen LogP contribution in [0.15, 0.2) is 0 Å². The largest absolute Gasteiger partial charge is 0.281 e. The molecule has 0 amide bonds. The molecule has 0 N–H and O–H groups in total. The highest BCUT2D eigenvalue weighted by Crippen LogP contribution is 2.10. The van der Waals surface area contributed by atoms with E-state index in [1.165, 1.54) is 8.61 Å². The summed E-state index contributed by atoms with van der Waals surface area (Å²) in [5.74, 6) is 0.303. The minimum Gasteiger partial charge on any atom is -0.195 e. The van der Waals surface area contributed by atoms with Gasteiger partial charge in [-0.3, -0.25) is 0 Å². The van der Waals surface area contributed by atoms with Gasteiger partial charge in [0.1, 0.15) is 0 Å². The highest BCUT2D eigenvalue weighted by molar-refractivity contribution is 7.86. The van der Waals surface area contributed by atoms with Crippen LogP contribution >= 0.6 is 11.6 Å². The van der Waals surface area contributed by atoms with Gasteiger partial charge in [0.05, 0.1) is 0 Å². The van der Waals surface area contributed by atoms with E-state index in [-0.39, 0.29) is 6.04 Å². The predicted octanol–water partition coefficient (Wildman–Crippen LogP) is 1.13. The molecule has 4 nitrogen and oxygen atoms in total. The van der Waals surface area contributed by atoms with Crippen LogP contribution in [0.25, 0.3) is 0 Å². The van der Waals surface area contributed by atoms with Crippen molar-refractivity contribution in [2.75, 3.05) is 26.0 Å². The molecule has 1 atom stereocenters. The van der Waals surface area contributed by atoms with Gasteiger partial charge < -0.3 is 0 Å². The van der Waals surface area contributed by atoms with Crippen molar-refractivity contribution in [3.63, 3.8) is 0 Å². The van der Waals surface area contributed by atoms with Crippen LogP contribution in [0.2, 0.25) is 0 Å². The van der Waals surface area contributed by atoms with Crippen LogP contribution in [0.3, 0.4) is 0 Å². The molecule has 0 radical (unpaired) electrons. The lowest BCUT2D eigenvalue weighted by molar-refractivity contribution is 0.349. The zero-order chi connectivity index (χ0) is 11.4. The smallest absolute Gasteiger partial charge is 0.195 e. The first-order valence-corrected chi connectivity index (χ1v) is 6.63. The van der Waals surface area contributed by atoms with Gasteiger partial charge in [0.15, 0.2) is 0 Å². The lowest BCUT2D eigenvalue weighted by Gasteiger charge is -2.28. The van der Waals surface area contributed by atoms with Gasteiger partial charge in [-0.1, -0.05) is 13.8 Å². The van der Waals surface area contributed by atoms with Crippen molar-refractivity contribution in [3.8, 4) is 0 Å². The first-order chi connectivity index (χ1) is 6.41. The van der Waals surface area contributed by atoms with E-state index in [1.807, 2.05) is 13.8 Å². The minimum absolute atomic E-state index is 0.178. The minimum atomic E-state index is -3.33. The fraction of sp³-hybridized carbons (Fsp3) is 1.00. The highest BCUT2D eigenvalue weighted by Gasteiger charge is 2.27. The summed E-state index contributed by atoms with van der Waals surface area (Å²) >= 11 is 5.62. The van der Waals surface area contributed by atoms with Crippen molar-refractivity contribution in [2.24, 2.45) is 0 Å². The second-order valence-electron chi connectivity index (χ2n) is 3.11. The molecule has 6 heteroatoms.